The molecule has 2 heterocycles. The molecule has 35 heavy (non-hydrogen) atoms. The number of rotatable bonds is 9. The van der Waals surface area contributed by atoms with E-state index in [-0.39, 0.29) is 5.91 Å². The fourth-order valence-electron chi connectivity index (χ4n) is 4.35. The highest BCUT2D eigenvalue weighted by molar-refractivity contribution is 6.00. The lowest BCUT2D eigenvalue weighted by Gasteiger charge is -2.20. The minimum atomic E-state index is -0.0577. The van der Waals surface area contributed by atoms with E-state index < -0.39 is 0 Å². The van der Waals surface area contributed by atoms with Gasteiger partial charge in [0.15, 0.2) is 17.1 Å². The summed E-state index contributed by atoms with van der Waals surface area (Å²) >= 11 is 0. The molecule has 7 heteroatoms. The quantitative estimate of drug-likeness (QED) is 0.315. The predicted octanol–water partition coefficient (Wildman–Crippen LogP) is 5.65. The third-order valence-corrected chi connectivity index (χ3v) is 5.98. The number of carbonyl (C=O) groups is 1. The van der Waals surface area contributed by atoms with E-state index in [4.69, 9.17) is 19.6 Å². The van der Waals surface area contributed by atoms with Crippen LogP contribution in [-0.4, -0.2) is 51.7 Å². The van der Waals surface area contributed by atoms with Gasteiger partial charge >= 0.3 is 0 Å². The molecule has 0 unspecified atom stereocenters. The molecular weight excluding hydrogens is 440 g/mol. The lowest BCUT2D eigenvalue weighted by atomic mass is 10.0. The van der Waals surface area contributed by atoms with Gasteiger partial charge in [0.1, 0.15) is 0 Å². The van der Waals surface area contributed by atoms with Crippen LogP contribution in [0.3, 0.4) is 0 Å². The Bertz CT molecular complexity index is 1330. The third kappa shape index (κ3) is 4.58. The normalized spacial score (nSPS) is 11.0. The minimum absolute atomic E-state index is 0.0577. The fourth-order valence-corrected chi connectivity index (χ4v) is 4.35. The van der Waals surface area contributed by atoms with Crippen molar-refractivity contribution in [3.05, 3.63) is 66.0 Å². The number of fused-ring (bicyclic) bond motifs is 1. The first-order valence-corrected chi connectivity index (χ1v) is 12.2. The number of nitrogens with zero attached hydrogens (tertiary/aromatic N) is 4. The van der Waals surface area contributed by atoms with E-state index in [0.717, 1.165) is 28.1 Å². The van der Waals surface area contributed by atoms with Crippen molar-refractivity contribution in [2.45, 2.75) is 34.6 Å². The Balaban J connectivity index is 1.96. The molecule has 7 nitrogen and oxygen atoms in total. The van der Waals surface area contributed by atoms with Crippen molar-refractivity contribution in [3.63, 3.8) is 0 Å². The lowest BCUT2D eigenvalue weighted by molar-refractivity contribution is 0.0773. The van der Waals surface area contributed by atoms with E-state index in [1.54, 1.807) is 15.6 Å². The van der Waals surface area contributed by atoms with Crippen LogP contribution in [0.15, 0.2) is 54.7 Å². The van der Waals surface area contributed by atoms with Crippen molar-refractivity contribution in [3.8, 4) is 33.9 Å². The second-order valence-electron chi connectivity index (χ2n) is 8.09. The number of aryl methyl sites for hydroxylation is 1. The molecule has 0 spiro atoms. The summed E-state index contributed by atoms with van der Waals surface area (Å²) in [5, 5.41) is 4.87. The third-order valence-electron chi connectivity index (χ3n) is 5.98. The van der Waals surface area contributed by atoms with Crippen LogP contribution in [0, 0.1) is 6.92 Å². The summed E-state index contributed by atoms with van der Waals surface area (Å²) in [5.74, 6) is 1.33. The van der Waals surface area contributed by atoms with Crippen molar-refractivity contribution in [2.24, 2.45) is 0 Å². The predicted molar refractivity (Wildman–Crippen MR) is 138 cm³/mol. The van der Waals surface area contributed by atoms with Gasteiger partial charge in [0, 0.05) is 30.4 Å². The molecule has 2 aromatic heterocycles. The van der Waals surface area contributed by atoms with Gasteiger partial charge in [0.2, 0.25) is 0 Å². The van der Waals surface area contributed by atoms with Crippen LogP contribution in [-0.2, 0) is 0 Å². The number of amides is 1. The zero-order valence-electron chi connectivity index (χ0n) is 21.0. The summed E-state index contributed by atoms with van der Waals surface area (Å²) in [5.41, 5.74) is 5.50. The van der Waals surface area contributed by atoms with Gasteiger partial charge in [-0.2, -0.15) is 5.10 Å². The summed E-state index contributed by atoms with van der Waals surface area (Å²) < 4.78 is 13.4. The second kappa shape index (κ2) is 10.6. The summed E-state index contributed by atoms with van der Waals surface area (Å²) in [4.78, 5) is 20.0. The number of benzene rings is 2. The zero-order valence-corrected chi connectivity index (χ0v) is 21.0. The molecule has 1 amide bonds. The monoisotopic (exact) mass is 472 g/mol. The first-order valence-electron chi connectivity index (χ1n) is 12.2. The van der Waals surface area contributed by atoms with E-state index in [1.165, 1.54) is 0 Å². The smallest absolute Gasteiger partial charge is 0.257 e. The Morgan fingerprint density at radius 3 is 2.26 bits per heavy atom. The van der Waals surface area contributed by atoms with Crippen LogP contribution in [0.4, 0.5) is 0 Å². The molecule has 0 bridgehead atoms. The highest BCUT2D eigenvalue weighted by Gasteiger charge is 2.24. The van der Waals surface area contributed by atoms with E-state index in [2.05, 4.69) is 0 Å². The number of aromatic nitrogens is 3. The lowest BCUT2D eigenvalue weighted by Crippen LogP contribution is -2.31. The van der Waals surface area contributed by atoms with Crippen molar-refractivity contribution < 1.29 is 14.3 Å². The van der Waals surface area contributed by atoms with Crippen LogP contribution in [0.25, 0.3) is 28.0 Å². The maximum absolute atomic E-state index is 13.4. The molecule has 0 aliphatic carbocycles. The highest BCUT2D eigenvalue weighted by Crippen LogP contribution is 2.37. The Morgan fingerprint density at radius 2 is 1.60 bits per heavy atom. The zero-order chi connectivity index (χ0) is 24.9. The summed E-state index contributed by atoms with van der Waals surface area (Å²) in [7, 11) is 0. The Labute approximate surface area is 206 Å². The van der Waals surface area contributed by atoms with Crippen LogP contribution in [0.1, 0.15) is 43.7 Å². The van der Waals surface area contributed by atoms with Crippen molar-refractivity contribution in [2.75, 3.05) is 26.3 Å². The minimum Gasteiger partial charge on any atom is -0.490 e. The Hall–Kier alpha value is -3.87. The van der Waals surface area contributed by atoms with Gasteiger partial charge in [-0.3, -0.25) is 4.79 Å². The van der Waals surface area contributed by atoms with Crippen LogP contribution in [0.5, 0.6) is 11.5 Å². The van der Waals surface area contributed by atoms with Crippen molar-refractivity contribution >= 4 is 11.6 Å². The first kappa shape index (κ1) is 24.3. The average Bonchev–Trinajstić information content (AvgIpc) is 3.21. The van der Waals surface area contributed by atoms with Gasteiger partial charge in [-0.15, -0.1) is 0 Å². The van der Waals surface area contributed by atoms with Gasteiger partial charge in [-0.1, -0.05) is 36.4 Å². The Kier molecular flexibility index (Phi) is 7.34. The van der Waals surface area contributed by atoms with Crippen molar-refractivity contribution in [1.29, 1.82) is 0 Å². The summed E-state index contributed by atoms with van der Waals surface area (Å²) in [6.45, 7) is 12.2. The molecule has 4 rings (SSSR count). The summed E-state index contributed by atoms with van der Waals surface area (Å²) in [6.07, 6.45) is 1.68. The molecule has 0 radical (unpaired) electrons. The first-order chi connectivity index (χ1) is 17.0. The van der Waals surface area contributed by atoms with Crippen LogP contribution >= 0.6 is 0 Å². The fraction of sp³-hybridized carbons (Fsp3) is 0.321. The van der Waals surface area contributed by atoms with E-state index in [9.17, 15) is 4.79 Å². The maximum atomic E-state index is 13.4. The molecular formula is C28H32N4O3. The number of hydrogen-bond acceptors (Lipinski definition) is 5. The maximum Gasteiger partial charge on any atom is 0.257 e. The second-order valence-corrected chi connectivity index (χ2v) is 8.09. The molecule has 182 valence electrons. The van der Waals surface area contributed by atoms with Crippen molar-refractivity contribution in [1.82, 2.24) is 19.5 Å². The molecule has 4 aromatic rings. The molecule has 0 saturated heterocycles. The van der Waals surface area contributed by atoms with E-state index >= 15 is 0 Å². The summed E-state index contributed by atoms with van der Waals surface area (Å²) in [6, 6.07) is 15.8. The standard InChI is InChI=1S/C28H32N4O3/c1-6-31(7-2)28(33)22-18-29-27-25(21-15-16-23(34-8-3)24(17-21)35-9-4)19(5)30-32(27)26(22)20-13-11-10-12-14-20/h10-18H,6-9H2,1-5H3. The average molecular weight is 473 g/mol. The van der Waals surface area contributed by atoms with Crippen LogP contribution in [0.2, 0.25) is 0 Å². The Morgan fingerprint density at radius 1 is 0.914 bits per heavy atom. The molecule has 2 aromatic carbocycles. The highest BCUT2D eigenvalue weighted by atomic mass is 16.5. The van der Waals surface area contributed by atoms with Gasteiger partial charge in [0.25, 0.3) is 5.91 Å². The van der Waals surface area contributed by atoms with Gasteiger partial charge < -0.3 is 14.4 Å². The number of hydrogen-bond donors (Lipinski definition) is 0. The van der Waals surface area contributed by atoms with Gasteiger partial charge in [-0.05, 0) is 52.3 Å². The van der Waals surface area contributed by atoms with E-state index in [0.29, 0.717) is 49.0 Å². The molecule has 0 fully saturated rings. The molecule has 0 atom stereocenters. The largest absolute Gasteiger partial charge is 0.490 e. The SMILES string of the molecule is CCOc1ccc(-c2c(C)nn3c(-c4ccccc4)c(C(=O)N(CC)CC)cnc23)cc1OCC. The van der Waals surface area contributed by atoms with Crippen LogP contribution < -0.4 is 9.47 Å². The molecule has 0 aliphatic rings. The van der Waals surface area contributed by atoms with E-state index in [1.807, 2.05) is 83.1 Å². The molecule has 0 saturated carbocycles. The van der Waals surface area contributed by atoms with Gasteiger partial charge in [-0.25, -0.2) is 9.50 Å². The van der Waals surface area contributed by atoms with Gasteiger partial charge in [0.05, 0.1) is 30.2 Å². The number of ether oxygens (including phenoxy) is 2. The molecule has 0 aliphatic heterocycles. The topological polar surface area (TPSA) is 69.0 Å². The number of carbonyl (C=O) groups excluding carboxylic acids is 1. The molecule has 0 N–H and O–H groups in total.